The van der Waals surface area contributed by atoms with E-state index in [1.54, 1.807) is 6.20 Å². The molecule has 0 aliphatic rings. The Kier molecular flexibility index (Phi) is 2.70. The summed E-state index contributed by atoms with van der Waals surface area (Å²) in [5, 5.41) is 0. The van der Waals surface area contributed by atoms with Gasteiger partial charge in [0.1, 0.15) is 5.76 Å². The van der Waals surface area contributed by atoms with Gasteiger partial charge in [0, 0.05) is 26.6 Å². The highest BCUT2D eigenvalue weighted by atomic mass is 16.4. The van der Waals surface area contributed by atoms with E-state index in [-0.39, 0.29) is 6.04 Å². The van der Waals surface area contributed by atoms with Gasteiger partial charge < -0.3 is 15.1 Å². The van der Waals surface area contributed by atoms with Gasteiger partial charge in [0.25, 0.3) is 6.01 Å². The van der Waals surface area contributed by atoms with Crippen molar-refractivity contribution in [3.63, 3.8) is 0 Å². The number of anilines is 1. The lowest BCUT2D eigenvalue weighted by Gasteiger charge is -2.04. The van der Waals surface area contributed by atoms with Crippen LogP contribution in [-0.2, 0) is 6.42 Å². The van der Waals surface area contributed by atoms with Crippen LogP contribution in [0.15, 0.2) is 10.6 Å². The van der Waals surface area contributed by atoms with Crippen LogP contribution in [-0.4, -0.2) is 25.1 Å². The average Bonchev–Trinajstić information content (AvgIpc) is 2.34. The molecule has 1 atom stereocenters. The van der Waals surface area contributed by atoms with Gasteiger partial charge in [0.15, 0.2) is 0 Å². The zero-order valence-electron chi connectivity index (χ0n) is 7.74. The Morgan fingerprint density at radius 3 is 2.75 bits per heavy atom. The molecule has 0 saturated carbocycles. The van der Waals surface area contributed by atoms with Gasteiger partial charge in [-0.25, -0.2) is 4.98 Å². The molecule has 0 amide bonds. The molecule has 0 aromatic carbocycles. The van der Waals surface area contributed by atoms with E-state index in [0.717, 1.165) is 12.2 Å². The van der Waals surface area contributed by atoms with Gasteiger partial charge in [0.2, 0.25) is 0 Å². The first-order valence-corrected chi connectivity index (χ1v) is 3.97. The molecule has 0 spiro atoms. The maximum Gasteiger partial charge on any atom is 0.296 e. The molecule has 0 fully saturated rings. The number of nitrogens with two attached hydrogens (primary N) is 1. The summed E-state index contributed by atoms with van der Waals surface area (Å²) < 4.78 is 5.39. The number of oxazole rings is 1. The van der Waals surface area contributed by atoms with Crippen LogP contribution in [0.5, 0.6) is 0 Å². The minimum atomic E-state index is 0.118. The van der Waals surface area contributed by atoms with Crippen LogP contribution in [0.2, 0.25) is 0 Å². The zero-order valence-corrected chi connectivity index (χ0v) is 7.74. The molecule has 0 saturated heterocycles. The number of aromatic nitrogens is 1. The molecule has 68 valence electrons. The van der Waals surface area contributed by atoms with Crippen LogP contribution in [0.1, 0.15) is 12.7 Å². The van der Waals surface area contributed by atoms with Crippen LogP contribution in [0.4, 0.5) is 6.01 Å². The molecule has 1 rings (SSSR count). The van der Waals surface area contributed by atoms with Crippen LogP contribution >= 0.6 is 0 Å². The Morgan fingerprint density at radius 1 is 1.67 bits per heavy atom. The third-order valence-corrected chi connectivity index (χ3v) is 1.45. The molecule has 2 N–H and O–H groups in total. The summed E-state index contributed by atoms with van der Waals surface area (Å²) in [7, 11) is 3.78. The van der Waals surface area contributed by atoms with E-state index in [1.165, 1.54) is 0 Å². The third-order valence-electron chi connectivity index (χ3n) is 1.45. The Morgan fingerprint density at radius 2 is 2.33 bits per heavy atom. The second-order valence-corrected chi connectivity index (χ2v) is 3.18. The minimum Gasteiger partial charge on any atom is -0.429 e. The van der Waals surface area contributed by atoms with Crippen LogP contribution in [0, 0.1) is 0 Å². The van der Waals surface area contributed by atoms with Gasteiger partial charge in [-0.3, -0.25) is 0 Å². The van der Waals surface area contributed by atoms with Crippen molar-refractivity contribution in [2.45, 2.75) is 19.4 Å². The quantitative estimate of drug-likeness (QED) is 0.721. The van der Waals surface area contributed by atoms with Crippen LogP contribution in [0.25, 0.3) is 0 Å². The topological polar surface area (TPSA) is 55.3 Å². The molecule has 1 aromatic heterocycles. The van der Waals surface area contributed by atoms with Gasteiger partial charge in [-0.15, -0.1) is 0 Å². The fourth-order valence-corrected chi connectivity index (χ4v) is 0.916. The van der Waals surface area contributed by atoms with Gasteiger partial charge in [-0.2, -0.15) is 0 Å². The maximum absolute atomic E-state index is 5.61. The SMILES string of the molecule is CC(N)Cc1cnc(N(C)C)o1. The van der Waals surface area contributed by atoms with Crippen molar-refractivity contribution in [3.8, 4) is 0 Å². The molecular weight excluding hydrogens is 154 g/mol. The minimum absolute atomic E-state index is 0.118. The van der Waals surface area contributed by atoms with Crippen molar-refractivity contribution in [2.75, 3.05) is 19.0 Å². The summed E-state index contributed by atoms with van der Waals surface area (Å²) in [6.45, 7) is 1.94. The molecule has 0 aliphatic heterocycles. The summed E-state index contributed by atoms with van der Waals surface area (Å²) in [5.74, 6) is 0.841. The summed E-state index contributed by atoms with van der Waals surface area (Å²) in [6, 6.07) is 0.749. The predicted octanol–water partition coefficient (Wildman–Crippen LogP) is 0.630. The molecule has 1 unspecified atom stereocenters. The van der Waals surface area contributed by atoms with Crippen molar-refractivity contribution in [1.29, 1.82) is 0 Å². The summed E-state index contributed by atoms with van der Waals surface area (Å²) in [6.07, 6.45) is 2.46. The zero-order chi connectivity index (χ0) is 9.14. The first-order chi connectivity index (χ1) is 5.59. The Bertz CT molecular complexity index is 242. The van der Waals surface area contributed by atoms with E-state index in [9.17, 15) is 0 Å². The number of hydrogen-bond donors (Lipinski definition) is 1. The van der Waals surface area contributed by atoms with E-state index in [0.29, 0.717) is 6.01 Å². The third kappa shape index (κ3) is 2.23. The molecule has 0 radical (unpaired) electrons. The highest BCUT2D eigenvalue weighted by Crippen LogP contribution is 2.12. The smallest absolute Gasteiger partial charge is 0.296 e. The van der Waals surface area contributed by atoms with Crippen molar-refractivity contribution >= 4 is 6.01 Å². The van der Waals surface area contributed by atoms with E-state index in [4.69, 9.17) is 10.2 Å². The van der Waals surface area contributed by atoms with Crippen molar-refractivity contribution < 1.29 is 4.42 Å². The van der Waals surface area contributed by atoms with Gasteiger partial charge >= 0.3 is 0 Å². The highest BCUT2D eigenvalue weighted by Gasteiger charge is 2.06. The molecule has 4 heteroatoms. The lowest BCUT2D eigenvalue weighted by molar-refractivity contribution is 0.489. The molecule has 1 aromatic rings. The van der Waals surface area contributed by atoms with E-state index in [1.807, 2.05) is 25.9 Å². The maximum atomic E-state index is 5.61. The Hall–Kier alpha value is -1.03. The lowest BCUT2D eigenvalue weighted by atomic mass is 10.2. The Labute approximate surface area is 72.4 Å². The van der Waals surface area contributed by atoms with Gasteiger partial charge in [0.05, 0.1) is 6.20 Å². The molecular formula is C8H15N3O. The molecule has 1 heterocycles. The molecule has 0 aliphatic carbocycles. The number of nitrogens with zero attached hydrogens (tertiary/aromatic N) is 2. The largest absolute Gasteiger partial charge is 0.429 e. The summed E-state index contributed by atoms with van der Waals surface area (Å²) in [4.78, 5) is 5.90. The standard InChI is InChI=1S/C8H15N3O/c1-6(9)4-7-5-10-8(12-7)11(2)3/h5-6H,4,9H2,1-3H3. The monoisotopic (exact) mass is 169 g/mol. The summed E-state index contributed by atoms with van der Waals surface area (Å²) in [5.41, 5.74) is 5.61. The average molecular weight is 169 g/mol. The lowest BCUT2D eigenvalue weighted by Crippen LogP contribution is -2.17. The fourth-order valence-electron chi connectivity index (χ4n) is 0.916. The van der Waals surface area contributed by atoms with Crippen LogP contribution < -0.4 is 10.6 Å². The fraction of sp³-hybridized carbons (Fsp3) is 0.625. The van der Waals surface area contributed by atoms with E-state index < -0.39 is 0 Å². The predicted molar refractivity (Wildman–Crippen MR) is 48.2 cm³/mol. The number of rotatable bonds is 3. The van der Waals surface area contributed by atoms with Gasteiger partial charge in [-0.05, 0) is 6.92 Å². The van der Waals surface area contributed by atoms with E-state index in [2.05, 4.69) is 4.98 Å². The van der Waals surface area contributed by atoms with Crippen molar-refractivity contribution in [1.82, 2.24) is 4.98 Å². The van der Waals surface area contributed by atoms with Crippen molar-refractivity contribution in [2.24, 2.45) is 5.73 Å². The second-order valence-electron chi connectivity index (χ2n) is 3.18. The highest BCUT2D eigenvalue weighted by molar-refractivity contribution is 5.22. The first-order valence-electron chi connectivity index (χ1n) is 3.97. The van der Waals surface area contributed by atoms with E-state index >= 15 is 0 Å². The second kappa shape index (κ2) is 3.58. The first kappa shape index (κ1) is 9.06. The molecule has 12 heavy (non-hydrogen) atoms. The Balaban J connectivity index is 2.64. The number of hydrogen-bond acceptors (Lipinski definition) is 4. The molecule has 4 nitrogen and oxygen atoms in total. The summed E-state index contributed by atoms with van der Waals surface area (Å²) >= 11 is 0. The molecule has 0 bridgehead atoms. The van der Waals surface area contributed by atoms with Crippen LogP contribution in [0.3, 0.4) is 0 Å². The van der Waals surface area contributed by atoms with Gasteiger partial charge in [-0.1, -0.05) is 0 Å². The normalized spacial score (nSPS) is 13.0. The van der Waals surface area contributed by atoms with Crippen molar-refractivity contribution in [3.05, 3.63) is 12.0 Å².